The van der Waals surface area contributed by atoms with Gasteiger partial charge in [0.2, 0.25) is 0 Å². The minimum absolute atomic E-state index is 0.296. The zero-order valence-electron chi connectivity index (χ0n) is 16.6. The van der Waals surface area contributed by atoms with Gasteiger partial charge in [-0.15, -0.1) is 0 Å². The van der Waals surface area contributed by atoms with Gasteiger partial charge in [0, 0.05) is 29.3 Å². The smallest absolute Gasteiger partial charge is 0.274 e. The number of amides is 1. The summed E-state index contributed by atoms with van der Waals surface area (Å²) >= 11 is 0. The first-order valence-corrected chi connectivity index (χ1v) is 9.12. The van der Waals surface area contributed by atoms with Gasteiger partial charge in [-0.2, -0.15) is 0 Å². The normalized spacial score (nSPS) is 10.2. The molecule has 1 aromatic heterocycles. The fourth-order valence-electron chi connectivity index (χ4n) is 2.71. The number of carbonyl (C=O) groups excluding carboxylic acids is 1. The van der Waals surface area contributed by atoms with Crippen molar-refractivity contribution in [3.63, 3.8) is 0 Å². The average molecular weight is 393 g/mol. The first-order valence-electron chi connectivity index (χ1n) is 9.12. The van der Waals surface area contributed by atoms with Crippen molar-refractivity contribution < 1.29 is 19.0 Å². The Hall–Kier alpha value is -3.74. The number of ether oxygens (including phenoxy) is 3. The summed E-state index contributed by atoms with van der Waals surface area (Å²) in [5.41, 5.74) is 2.48. The van der Waals surface area contributed by atoms with E-state index in [4.69, 9.17) is 14.2 Å². The molecule has 0 bridgehead atoms. The van der Waals surface area contributed by atoms with Crippen molar-refractivity contribution in [1.82, 2.24) is 4.98 Å². The van der Waals surface area contributed by atoms with E-state index < -0.39 is 0 Å². The molecule has 0 aliphatic carbocycles. The Morgan fingerprint density at radius 1 is 0.897 bits per heavy atom. The molecule has 0 fully saturated rings. The monoisotopic (exact) mass is 393 g/mol. The van der Waals surface area contributed by atoms with Crippen molar-refractivity contribution >= 4 is 23.0 Å². The summed E-state index contributed by atoms with van der Waals surface area (Å²) < 4.78 is 16.0. The van der Waals surface area contributed by atoms with Crippen LogP contribution >= 0.6 is 0 Å². The van der Waals surface area contributed by atoms with Crippen molar-refractivity contribution in [2.45, 2.75) is 6.92 Å². The van der Waals surface area contributed by atoms with E-state index in [2.05, 4.69) is 15.6 Å². The summed E-state index contributed by atoms with van der Waals surface area (Å²) in [6.07, 6.45) is 1.58. The highest BCUT2D eigenvalue weighted by Crippen LogP contribution is 2.31. The summed E-state index contributed by atoms with van der Waals surface area (Å²) in [4.78, 5) is 16.7. The van der Waals surface area contributed by atoms with Gasteiger partial charge in [-0.25, -0.2) is 0 Å². The zero-order chi connectivity index (χ0) is 20.6. The lowest BCUT2D eigenvalue weighted by molar-refractivity contribution is 0.102. The lowest BCUT2D eigenvalue weighted by Gasteiger charge is -2.12. The van der Waals surface area contributed by atoms with E-state index in [0.29, 0.717) is 29.5 Å². The quantitative estimate of drug-likeness (QED) is 0.587. The molecule has 1 heterocycles. The predicted octanol–water partition coefficient (Wildman–Crippen LogP) is 4.49. The summed E-state index contributed by atoms with van der Waals surface area (Å²) in [6.45, 7) is 2.51. The maximum atomic E-state index is 12.5. The Kier molecular flexibility index (Phi) is 6.52. The van der Waals surface area contributed by atoms with Gasteiger partial charge in [0.15, 0.2) is 11.5 Å². The molecule has 1 amide bonds. The lowest BCUT2D eigenvalue weighted by atomic mass is 10.2. The van der Waals surface area contributed by atoms with Gasteiger partial charge >= 0.3 is 0 Å². The third kappa shape index (κ3) is 5.16. The number of methoxy groups -OCH3 is 2. The van der Waals surface area contributed by atoms with Crippen LogP contribution in [0.25, 0.3) is 0 Å². The number of rotatable bonds is 8. The van der Waals surface area contributed by atoms with E-state index in [0.717, 1.165) is 17.1 Å². The molecule has 3 rings (SSSR count). The summed E-state index contributed by atoms with van der Waals surface area (Å²) in [6, 6.07) is 16.1. The number of hydrogen-bond donors (Lipinski definition) is 2. The standard InChI is InChI=1S/C22H23N3O4/c1-4-29-18-8-5-15(6-9-18)25-22(26)19-13-17(11-12-23-19)24-16-7-10-20(27-2)21(14-16)28-3/h5-14H,4H2,1-3H3,(H,23,24)(H,25,26). The molecule has 2 N–H and O–H groups in total. The molecule has 0 spiro atoms. The van der Waals surface area contributed by atoms with Crippen molar-refractivity contribution in [2.24, 2.45) is 0 Å². The van der Waals surface area contributed by atoms with Gasteiger partial charge in [-0.1, -0.05) is 0 Å². The minimum atomic E-state index is -0.301. The van der Waals surface area contributed by atoms with Crippen molar-refractivity contribution in [2.75, 3.05) is 31.5 Å². The summed E-state index contributed by atoms with van der Waals surface area (Å²) in [5.74, 6) is 1.71. The molecular weight excluding hydrogens is 370 g/mol. The second-order valence-electron chi connectivity index (χ2n) is 6.04. The van der Waals surface area contributed by atoms with Crippen molar-refractivity contribution in [1.29, 1.82) is 0 Å². The molecule has 150 valence electrons. The van der Waals surface area contributed by atoms with E-state index in [1.165, 1.54) is 0 Å². The number of aromatic nitrogens is 1. The van der Waals surface area contributed by atoms with Crippen molar-refractivity contribution in [3.05, 3.63) is 66.5 Å². The van der Waals surface area contributed by atoms with Crippen molar-refractivity contribution in [3.8, 4) is 17.2 Å². The number of nitrogens with one attached hydrogen (secondary N) is 2. The number of anilines is 3. The summed E-state index contributed by atoms with van der Waals surface area (Å²) in [7, 11) is 3.17. The molecule has 0 saturated heterocycles. The Morgan fingerprint density at radius 3 is 2.28 bits per heavy atom. The van der Waals surface area contributed by atoms with E-state index >= 15 is 0 Å². The topological polar surface area (TPSA) is 81.7 Å². The summed E-state index contributed by atoms with van der Waals surface area (Å²) in [5, 5.41) is 6.07. The maximum absolute atomic E-state index is 12.5. The largest absolute Gasteiger partial charge is 0.494 e. The second kappa shape index (κ2) is 9.45. The third-order valence-corrected chi connectivity index (χ3v) is 4.09. The van der Waals surface area contributed by atoms with Crippen LogP contribution in [-0.4, -0.2) is 31.7 Å². The second-order valence-corrected chi connectivity index (χ2v) is 6.04. The average Bonchev–Trinajstić information content (AvgIpc) is 2.75. The SMILES string of the molecule is CCOc1ccc(NC(=O)c2cc(Nc3ccc(OC)c(OC)c3)ccn2)cc1. The molecule has 0 atom stereocenters. The third-order valence-electron chi connectivity index (χ3n) is 4.09. The van der Waals surface area contributed by atoms with E-state index in [1.807, 2.05) is 37.3 Å². The Bertz CT molecular complexity index is 974. The number of benzene rings is 2. The first kappa shape index (κ1) is 20.0. The van der Waals surface area contributed by atoms with Crippen LogP contribution in [-0.2, 0) is 0 Å². The first-order chi connectivity index (χ1) is 14.1. The highest BCUT2D eigenvalue weighted by Gasteiger charge is 2.10. The Morgan fingerprint density at radius 2 is 1.59 bits per heavy atom. The maximum Gasteiger partial charge on any atom is 0.274 e. The molecular formula is C22H23N3O4. The molecule has 29 heavy (non-hydrogen) atoms. The molecule has 0 unspecified atom stereocenters. The minimum Gasteiger partial charge on any atom is -0.494 e. The van der Waals surface area contributed by atoms with Crippen LogP contribution in [0.5, 0.6) is 17.2 Å². The van der Waals surface area contributed by atoms with E-state index in [9.17, 15) is 4.79 Å². The van der Waals surface area contributed by atoms with E-state index in [1.54, 1.807) is 44.7 Å². The Balaban J connectivity index is 1.71. The fourth-order valence-corrected chi connectivity index (χ4v) is 2.71. The molecule has 0 aliphatic heterocycles. The van der Waals surface area contributed by atoms with Crippen LogP contribution in [0.2, 0.25) is 0 Å². The van der Waals surface area contributed by atoms with Gasteiger partial charge in [0.1, 0.15) is 11.4 Å². The van der Waals surface area contributed by atoms with Crippen LogP contribution < -0.4 is 24.8 Å². The zero-order valence-corrected chi connectivity index (χ0v) is 16.6. The van der Waals surface area contributed by atoms with Gasteiger partial charge in [-0.3, -0.25) is 9.78 Å². The van der Waals surface area contributed by atoms with Crippen LogP contribution in [0.4, 0.5) is 17.1 Å². The van der Waals surface area contributed by atoms with Crippen LogP contribution in [0, 0.1) is 0 Å². The molecule has 0 aliphatic rings. The highest BCUT2D eigenvalue weighted by molar-refractivity contribution is 6.03. The van der Waals surface area contributed by atoms with Crippen LogP contribution in [0.1, 0.15) is 17.4 Å². The molecule has 0 saturated carbocycles. The van der Waals surface area contributed by atoms with Gasteiger partial charge in [-0.05, 0) is 55.5 Å². The molecule has 7 nitrogen and oxygen atoms in total. The predicted molar refractivity (Wildman–Crippen MR) is 113 cm³/mol. The van der Waals surface area contributed by atoms with Crippen LogP contribution in [0.3, 0.4) is 0 Å². The molecule has 3 aromatic rings. The lowest BCUT2D eigenvalue weighted by Crippen LogP contribution is -2.13. The number of hydrogen-bond acceptors (Lipinski definition) is 6. The van der Waals surface area contributed by atoms with Gasteiger partial charge < -0.3 is 24.8 Å². The van der Waals surface area contributed by atoms with Crippen LogP contribution in [0.15, 0.2) is 60.8 Å². The number of carbonyl (C=O) groups is 1. The Labute approximate surface area is 169 Å². The fraction of sp³-hybridized carbons (Fsp3) is 0.182. The highest BCUT2D eigenvalue weighted by atomic mass is 16.5. The number of pyridine rings is 1. The van der Waals surface area contributed by atoms with Gasteiger partial charge in [0.05, 0.1) is 20.8 Å². The molecule has 0 radical (unpaired) electrons. The molecule has 2 aromatic carbocycles. The van der Waals surface area contributed by atoms with Gasteiger partial charge in [0.25, 0.3) is 5.91 Å². The van der Waals surface area contributed by atoms with E-state index in [-0.39, 0.29) is 5.91 Å². The molecule has 7 heteroatoms. The number of nitrogens with zero attached hydrogens (tertiary/aromatic N) is 1.